The summed E-state index contributed by atoms with van der Waals surface area (Å²) in [6.07, 6.45) is 1.87. The second-order valence-corrected chi connectivity index (χ2v) is 8.73. The molecule has 0 aromatic heterocycles. The highest BCUT2D eigenvalue weighted by Gasteiger charge is 2.56. The van der Waals surface area contributed by atoms with Crippen LogP contribution in [-0.2, 0) is 9.59 Å². The van der Waals surface area contributed by atoms with E-state index in [2.05, 4.69) is 10.6 Å². The molecule has 0 unspecified atom stereocenters. The number of benzene rings is 1. The molecular formula is C19H23FN4O5. The van der Waals surface area contributed by atoms with Gasteiger partial charge in [0.15, 0.2) is 0 Å². The number of imide groups is 1. The molecule has 2 fully saturated rings. The summed E-state index contributed by atoms with van der Waals surface area (Å²) in [6, 6.07) is 2.04. The van der Waals surface area contributed by atoms with Crippen molar-refractivity contribution in [2.24, 2.45) is 11.3 Å². The van der Waals surface area contributed by atoms with Gasteiger partial charge < -0.3 is 10.6 Å². The Morgan fingerprint density at radius 3 is 2.69 bits per heavy atom. The van der Waals surface area contributed by atoms with Crippen LogP contribution in [0.3, 0.4) is 0 Å². The maximum atomic E-state index is 13.9. The molecular weight excluding hydrogens is 383 g/mol. The molecule has 1 aromatic rings. The molecule has 1 saturated carbocycles. The van der Waals surface area contributed by atoms with Crippen molar-refractivity contribution in [3.8, 4) is 0 Å². The monoisotopic (exact) mass is 406 g/mol. The lowest BCUT2D eigenvalue weighted by atomic mass is 9.64. The number of halogens is 1. The normalized spacial score (nSPS) is 25.8. The molecule has 2 atom stereocenters. The summed E-state index contributed by atoms with van der Waals surface area (Å²) >= 11 is 0. The largest absolute Gasteiger partial charge is 0.325 e. The second-order valence-electron chi connectivity index (χ2n) is 8.73. The number of carbonyl (C=O) groups is 3. The highest BCUT2D eigenvalue weighted by Crippen LogP contribution is 2.46. The minimum absolute atomic E-state index is 0.148. The Hall–Kier alpha value is -3.04. The van der Waals surface area contributed by atoms with Crippen molar-refractivity contribution in [2.75, 3.05) is 11.9 Å². The number of nitrogens with zero attached hydrogens (tertiary/aromatic N) is 2. The van der Waals surface area contributed by atoms with Crippen LogP contribution in [0.5, 0.6) is 0 Å². The number of carbonyl (C=O) groups excluding carboxylic acids is 3. The summed E-state index contributed by atoms with van der Waals surface area (Å²) in [5.41, 5.74) is -1.98. The number of urea groups is 1. The Morgan fingerprint density at radius 1 is 1.38 bits per heavy atom. The molecule has 2 N–H and O–H groups in total. The third-order valence-electron chi connectivity index (χ3n) is 5.36. The third-order valence-corrected chi connectivity index (χ3v) is 5.36. The van der Waals surface area contributed by atoms with Crippen LogP contribution in [0.1, 0.15) is 40.0 Å². The number of amides is 4. The molecule has 29 heavy (non-hydrogen) atoms. The Kier molecular flexibility index (Phi) is 5.06. The fourth-order valence-corrected chi connectivity index (χ4v) is 4.71. The van der Waals surface area contributed by atoms with E-state index in [0.717, 1.165) is 29.5 Å². The van der Waals surface area contributed by atoms with Crippen molar-refractivity contribution in [2.45, 2.75) is 45.6 Å². The smallest absolute Gasteiger partial charge is 0.323 e. The molecule has 1 aromatic carbocycles. The Labute approximate surface area is 166 Å². The van der Waals surface area contributed by atoms with Gasteiger partial charge in [-0.2, -0.15) is 0 Å². The predicted molar refractivity (Wildman–Crippen MR) is 101 cm³/mol. The van der Waals surface area contributed by atoms with Crippen LogP contribution in [-0.4, -0.2) is 39.8 Å². The number of hydrogen-bond acceptors (Lipinski definition) is 5. The van der Waals surface area contributed by atoms with Gasteiger partial charge >= 0.3 is 6.03 Å². The number of nitro benzene ring substituents is 1. The lowest BCUT2D eigenvalue weighted by Gasteiger charge is -2.43. The molecule has 9 nitrogen and oxygen atoms in total. The van der Waals surface area contributed by atoms with Crippen molar-refractivity contribution in [3.63, 3.8) is 0 Å². The van der Waals surface area contributed by atoms with Crippen molar-refractivity contribution in [3.05, 3.63) is 34.1 Å². The molecule has 2 aliphatic rings. The summed E-state index contributed by atoms with van der Waals surface area (Å²) in [4.78, 5) is 48.7. The van der Waals surface area contributed by atoms with Gasteiger partial charge in [-0.15, -0.1) is 0 Å². The molecule has 156 valence electrons. The van der Waals surface area contributed by atoms with Gasteiger partial charge in [-0.25, -0.2) is 9.18 Å². The van der Waals surface area contributed by atoms with Gasteiger partial charge in [0.05, 0.1) is 10.6 Å². The average Bonchev–Trinajstić information content (AvgIpc) is 2.78. The van der Waals surface area contributed by atoms with Gasteiger partial charge in [0, 0.05) is 12.1 Å². The first-order chi connectivity index (χ1) is 13.4. The van der Waals surface area contributed by atoms with Crippen molar-refractivity contribution >= 4 is 29.2 Å². The van der Waals surface area contributed by atoms with Gasteiger partial charge in [0.25, 0.3) is 11.6 Å². The quantitative estimate of drug-likeness (QED) is 0.452. The molecule has 0 radical (unpaired) electrons. The van der Waals surface area contributed by atoms with Crippen molar-refractivity contribution < 1.29 is 23.7 Å². The maximum Gasteiger partial charge on any atom is 0.325 e. The van der Waals surface area contributed by atoms with Crippen LogP contribution in [0, 0.1) is 27.3 Å². The second kappa shape index (κ2) is 7.09. The maximum absolute atomic E-state index is 13.9. The minimum Gasteiger partial charge on any atom is -0.323 e. The topological polar surface area (TPSA) is 122 Å². The third kappa shape index (κ3) is 4.06. The summed E-state index contributed by atoms with van der Waals surface area (Å²) in [5.74, 6) is -1.94. The first kappa shape index (κ1) is 20.7. The number of nitrogens with one attached hydrogen (secondary N) is 2. The van der Waals surface area contributed by atoms with E-state index in [1.165, 1.54) is 0 Å². The van der Waals surface area contributed by atoms with Crippen LogP contribution in [0.2, 0.25) is 0 Å². The van der Waals surface area contributed by atoms with E-state index in [0.29, 0.717) is 12.8 Å². The van der Waals surface area contributed by atoms with E-state index in [1.807, 2.05) is 20.8 Å². The van der Waals surface area contributed by atoms with E-state index in [-0.39, 0.29) is 11.3 Å². The number of nitro groups is 1. The van der Waals surface area contributed by atoms with Gasteiger partial charge in [-0.3, -0.25) is 24.6 Å². The fourth-order valence-electron chi connectivity index (χ4n) is 4.71. The molecule has 1 aliphatic carbocycles. The molecule has 10 heteroatoms. The van der Waals surface area contributed by atoms with Crippen LogP contribution in [0.15, 0.2) is 18.2 Å². The Bertz CT molecular complexity index is 903. The van der Waals surface area contributed by atoms with E-state index in [4.69, 9.17) is 0 Å². The van der Waals surface area contributed by atoms with Crippen LogP contribution < -0.4 is 10.6 Å². The standard InChI is InChI=1S/C19H23FN4O5/c1-11-7-18(2,3)10-19(8-11)16(26)23(17(27)22-19)9-15(25)21-14-6-12(24(28)29)4-5-13(14)20/h4-6,11H,7-10H2,1-3H3,(H,21,25)(H,22,27)/t11-,19+/m1/s1. The fraction of sp³-hybridized carbons (Fsp3) is 0.526. The van der Waals surface area contributed by atoms with E-state index >= 15 is 0 Å². The van der Waals surface area contributed by atoms with E-state index in [1.54, 1.807) is 0 Å². The summed E-state index contributed by atoms with van der Waals surface area (Å²) in [5, 5.41) is 15.8. The van der Waals surface area contributed by atoms with Crippen molar-refractivity contribution in [1.29, 1.82) is 0 Å². The average molecular weight is 406 g/mol. The SMILES string of the molecule is C[C@@H]1CC(C)(C)C[C@]2(C1)NC(=O)N(CC(=O)Nc1cc([N+](=O)[O-])ccc1F)C2=O. The molecule has 3 rings (SSSR count). The van der Waals surface area contributed by atoms with E-state index in [9.17, 15) is 28.9 Å². The van der Waals surface area contributed by atoms with Gasteiger partial charge in [-0.05, 0) is 36.7 Å². The molecule has 1 saturated heterocycles. The molecule has 1 heterocycles. The van der Waals surface area contributed by atoms with Gasteiger partial charge in [0.2, 0.25) is 5.91 Å². The van der Waals surface area contributed by atoms with E-state index < -0.39 is 52.0 Å². The Morgan fingerprint density at radius 2 is 2.07 bits per heavy atom. The van der Waals surface area contributed by atoms with Gasteiger partial charge in [0.1, 0.15) is 17.9 Å². The van der Waals surface area contributed by atoms with Crippen molar-refractivity contribution in [1.82, 2.24) is 10.2 Å². The molecule has 1 aliphatic heterocycles. The molecule has 4 amide bonds. The van der Waals surface area contributed by atoms with Crippen LogP contribution >= 0.6 is 0 Å². The molecule has 0 bridgehead atoms. The number of hydrogen-bond donors (Lipinski definition) is 2. The highest BCUT2D eigenvalue weighted by molar-refractivity contribution is 6.10. The van der Waals surface area contributed by atoms with Gasteiger partial charge in [-0.1, -0.05) is 20.8 Å². The first-order valence-corrected chi connectivity index (χ1v) is 9.30. The zero-order chi connectivity index (χ0) is 21.6. The lowest BCUT2D eigenvalue weighted by Crippen LogP contribution is -2.54. The summed E-state index contributed by atoms with van der Waals surface area (Å²) in [7, 11) is 0. The molecule has 1 spiro atoms. The van der Waals surface area contributed by atoms with Crippen LogP contribution in [0.4, 0.5) is 20.6 Å². The lowest BCUT2D eigenvalue weighted by molar-refractivity contribution is -0.384. The highest BCUT2D eigenvalue weighted by atomic mass is 19.1. The predicted octanol–water partition coefficient (Wildman–Crippen LogP) is 2.81. The first-order valence-electron chi connectivity index (χ1n) is 9.30. The zero-order valence-corrected chi connectivity index (χ0v) is 16.5. The van der Waals surface area contributed by atoms with Crippen LogP contribution in [0.25, 0.3) is 0 Å². The minimum atomic E-state index is -1.05. The summed E-state index contributed by atoms with van der Waals surface area (Å²) in [6.45, 7) is 5.47. The zero-order valence-electron chi connectivity index (χ0n) is 16.5. The number of anilines is 1. The number of non-ortho nitro benzene ring substituents is 1. The summed E-state index contributed by atoms with van der Waals surface area (Å²) < 4.78 is 13.9. The number of rotatable bonds is 4. The Balaban J connectivity index is 1.75.